The number of ether oxygens (including phenoxy) is 2. The molecule has 1 saturated heterocycles. The van der Waals surface area contributed by atoms with Gasteiger partial charge in [-0.1, -0.05) is 0 Å². The van der Waals surface area contributed by atoms with Gasteiger partial charge in [-0.05, 0) is 18.6 Å². The van der Waals surface area contributed by atoms with E-state index in [2.05, 4.69) is 0 Å². The molecule has 6 heteroatoms. The first kappa shape index (κ1) is 13.7. The predicted molar refractivity (Wildman–Crippen MR) is 73.8 cm³/mol. The summed E-state index contributed by atoms with van der Waals surface area (Å²) in [5.41, 5.74) is 0.562. The number of rotatable bonds is 1. The summed E-state index contributed by atoms with van der Waals surface area (Å²) in [4.78, 5) is 23.2. The van der Waals surface area contributed by atoms with E-state index in [-0.39, 0.29) is 30.1 Å². The van der Waals surface area contributed by atoms with Gasteiger partial charge in [0.2, 0.25) is 0 Å². The Hall–Kier alpha value is -1.92. The second-order valence-electron chi connectivity index (χ2n) is 6.35. The molecule has 1 spiro atoms. The van der Waals surface area contributed by atoms with Crippen molar-refractivity contribution < 1.29 is 29.3 Å². The van der Waals surface area contributed by atoms with Gasteiger partial charge in [0.15, 0.2) is 17.8 Å². The molecule has 0 aromatic heterocycles. The Morgan fingerprint density at radius 1 is 1.27 bits per heavy atom. The highest BCUT2D eigenvalue weighted by Gasteiger charge is 2.60. The van der Waals surface area contributed by atoms with E-state index in [1.807, 2.05) is 0 Å². The smallest absolute Gasteiger partial charge is 0.165 e. The molecule has 22 heavy (non-hydrogen) atoms. The van der Waals surface area contributed by atoms with Crippen LogP contribution in [0.5, 0.6) is 11.5 Å². The van der Waals surface area contributed by atoms with Crippen LogP contribution in [0.25, 0.3) is 0 Å². The van der Waals surface area contributed by atoms with Crippen molar-refractivity contribution in [1.29, 1.82) is 0 Å². The molecule has 1 aliphatic carbocycles. The molecule has 4 atom stereocenters. The van der Waals surface area contributed by atoms with Crippen LogP contribution in [0.3, 0.4) is 0 Å². The number of phenols is 1. The van der Waals surface area contributed by atoms with Crippen LogP contribution in [0.15, 0.2) is 12.1 Å². The van der Waals surface area contributed by atoms with E-state index in [1.165, 1.54) is 6.07 Å². The standard InChI is InChI=1S/C16H16O6/c17-7-8-1-2-11(19)15-10(8)5-16-6-14(20)21-12(16)3-9(18)4-13(16)22-15/h1-2,7,12-14,19-20H,3-6H2. The first-order valence-electron chi connectivity index (χ1n) is 7.35. The molecule has 2 fully saturated rings. The van der Waals surface area contributed by atoms with Gasteiger partial charge >= 0.3 is 0 Å². The first-order chi connectivity index (χ1) is 10.5. The van der Waals surface area contributed by atoms with Crippen LogP contribution in [-0.4, -0.2) is 40.8 Å². The van der Waals surface area contributed by atoms with Crippen LogP contribution >= 0.6 is 0 Å². The fourth-order valence-electron chi connectivity index (χ4n) is 4.11. The highest BCUT2D eigenvalue weighted by molar-refractivity contribution is 5.83. The number of aliphatic hydroxyl groups excluding tert-OH is 1. The Morgan fingerprint density at radius 2 is 2.05 bits per heavy atom. The molecule has 6 nitrogen and oxygen atoms in total. The zero-order chi connectivity index (χ0) is 15.5. The minimum absolute atomic E-state index is 0.0224. The average molecular weight is 304 g/mol. The van der Waals surface area contributed by atoms with Crippen LogP contribution in [0.2, 0.25) is 0 Å². The lowest BCUT2D eigenvalue weighted by atomic mass is 9.63. The number of Topliss-reactive ketones (excluding diaryl/α,β-unsaturated/α-hetero) is 1. The molecule has 0 amide bonds. The van der Waals surface area contributed by atoms with E-state index in [0.29, 0.717) is 24.0 Å². The molecule has 0 bridgehead atoms. The Labute approximate surface area is 126 Å². The van der Waals surface area contributed by atoms with Crippen molar-refractivity contribution in [1.82, 2.24) is 0 Å². The maximum atomic E-state index is 11.9. The number of aldehydes is 1. The van der Waals surface area contributed by atoms with E-state index in [4.69, 9.17) is 9.47 Å². The highest BCUT2D eigenvalue weighted by Crippen LogP contribution is 2.55. The number of ketones is 1. The van der Waals surface area contributed by atoms with E-state index < -0.39 is 23.9 Å². The van der Waals surface area contributed by atoms with E-state index >= 15 is 0 Å². The zero-order valence-electron chi connectivity index (χ0n) is 11.8. The summed E-state index contributed by atoms with van der Waals surface area (Å²) in [6, 6.07) is 2.97. The van der Waals surface area contributed by atoms with Gasteiger partial charge in [0, 0.05) is 35.8 Å². The average Bonchev–Trinajstić information content (AvgIpc) is 2.78. The van der Waals surface area contributed by atoms with Gasteiger partial charge in [0.1, 0.15) is 18.2 Å². The van der Waals surface area contributed by atoms with Crippen molar-refractivity contribution >= 4 is 12.1 Å². The van der Waals surface area contributed by atoms with Crippen LogP contribution in [0, 0.1) is 5.41 Å². The van der Waals surface area contributed by atoms with Gasteiger partial charge in [-0.15, -0.1) is 0 Å². The SMILES string of the molecule is O=Cc1ccc(O)c2c1CC13CC(O)OC1CC(=O)CC3O2. The second-order valence-corrected chi connectivity index (χ2v) is 6.35. The summed E-state index contributed by atoms with van der Waals surface area (Å²) in [7, 11) is 0. The molecule has 0 radical (unpaired) electrons. The zero-order valence-corrected chi connectivity index (χ0v) is 11.8. The maximum Gasteiger partial charge on any atom is 0.165 e. The van der Waals surface area contributed by atoms with Crippen LogP contribution in [0.4, 0.5) is 0 Å². The molecule has 1 saturated carbocycles. The van der Waals surface area contributed by atoms with Crippen molar-refractivity contribution in [3.63, 3.8) is 0 Å². The molecule has 1 aromatic carbocycles. The molecule has 2 heterocycles. The fourth-order valence-corrected chi connectivity index (χ4v) is 4.11. The quantitative estimate of drug-likeness (QED) is 0.751. The fraction of sp³-hybridized carbons (Fsp3) is 0.500. The number of fused-ring (bicyclic) bond motifs is 1. The molecule has 2 N–H and O–H groups in total. The van der Waals surface area contributed by atoms with Gasteiger partial charge in [0.05, 0.1) is 6.10 Å². The third kappa shape index (κ3) is 1.74. The summed E-state index contributed by atoms with van der Waals surface area (Å²) in [6.45, 7) is 0. The number of benzene rings is 1. The number of aromatic hydroxyl groups is 1. The number of carbonyl (C=O) groups excluding carboxylic acids is 2. The first-order valence-corrected chi connectivity index (χ1v) is 7.35. The van der Waals surface area contributed by atoms with Crippen molar-refractivity contribution in [2.45, 2.75) is 44.2 Å². The Morgan fingerprint density at radius 3 is 2.82 bits per heavy atom. The predicted octanol–water partition coefficient (Wildman–Crippen LogP) is 0.965. The lowest BCUT2D eigenvalue weighted by Crippen LogP contribution is -2.54. The number of aliphatic hydroxyl groups is 1. The van der Waals surface area contributed by atoms with E-state index in [9.17, 15) is 19.8 Å². The topological polar surface area (TPSA) is 93.1 Å². The highest BCUT2D eigenvalue weighted by atomic mass is 16.6. The summed E-state index contributed by atoms with van der Waals surface area (Å²) in [6.07, 6.45) is 0.236. The molecule has 4 rings (SSSR count). The third-order valence-corrected chi connectivity index (χ3v) is 5.15. The lowest BCUT2D eigenvalue weighted by molar-refractivity contribution is -0.144. The minimum Gasteiger partial charge on any atom is -0.504 e. The number of hydrogen-bond donors (Lipinski definition) is 2. The van der Waals surface area contributed by atoms with Crippen LogP contribution in [0.1, 0.15) is 35.2 Å². The van der Waals surface area contributed by atoms with Gasteiger partial charge < -0.3 is 19.7 Å². The number of carbonyl (C=O) groups is 2. The lowest BCUT2D eigenvalue weighted by Gasteiger charge is -2.47. The summed E-state index contributed by atoms with van der Waals surface area (Å²) < 4.78 is 11.4. The summed E-state index contributed by atoms with van der Waals surface area (Å²) in [5, 5.41) is 19.9. The Bertz CT molecular complexity index is 669. The number of phenolic OH excluding ortho intramolecular Hbond substituents is 1. The van der Waals surface area contributed by atoms with Gasteiger partial charge in [-0.3, -0.25) is 9.59 Å². The molecular weight excluding hydrogens is 288 g/mol. The van der Waals surface area contributed by atoms with Crippen molar-refractivity contribution in [3.05, 3.63) is 23.3 Å². The van der Waals surface area contributed by atoms with Gasteiger partial charge in [-0.25, -0.2) is 0 Å². The normalized spacial score (nSPS) is 36.0. The minimum atomic E-state index is -0.930. The van der Waals surface area contributed by atoms with E-state index in [0.717, 1.165) is 6.29 Å². The summed E-state index contributed by atoms with van der Waals surface area (Å²) in [5.74, 6) is 0.258. The monoisotopic (exact) mass is 304 g/mol. The molecule has 3 aliphatic rings. The molecule has 4 unspecified atom stereocenters. The van der Waals surface area contributed by atoms with Crippen LogP contribution in [-0.2, 0) is 16.0 Å². The maximum absolute atomic E-state index is 11.9. The molecular formula is C16H16O6. The Balaban J connectivity index is 1.85. The Kier molecular flexibility index (Phi) is 2.83. The molecule has 116 valence electrons. The van der Waals surface area contributed by atoms with Crippen molar-refractivity contribution in [2.75, 3.05) is 0 Å². The van der Waals surface area contributed by atoms with Crippen molar-refractivity contribution in [2.24, 2.45) is 5.41 Å². The number of hydrogen-bond acceptors (Lipinski definition) is 6. The molecule has 2 aliphatic heterocycles. The van der Waals surface area contributed by atoms with Gasteiger partial charge in [-0.2, -0.15) is 0 Å². The summed E-state index contributed by atoms with van der Waals surface area (Å²) >= 11 is 0. The second kappa shape index (κ2) is 4.54. The van der Waals surface area contributed by atoms with Crippen molar-refractivity contribution in [3.8, 4) is 11.5 Å². The molecule has 1 aromatic rings. The third-order valence-electron chi connectivity index (χ3n) is 5.15. The van der Waals surface area contributed by atoms with Crippen LogP contribution < -0.4 is 4.74 Å². The largest absolute Gasteiger partial charge is 0.504 e. The van der Waals surface area contributed by atoms with E-state index in [1.54, 1.807) is 6.07 Å². The van der Waals surface area contributed by atoms with Gasteiger partial charge in [0.25, 0.3) is 0 Å².